The third kappa shape index (κ3) is 2.06. The summed E-state index contributed by atoms with van der Waals surface area (Å²) in [6.07, 6.45) is 0. The topological polar surface area (TPSA) is 24.1 Å². The van der Waals surface area contributed by atoms with E-state index >= 15 is 0 Å². The smallest absolute Gasteiger partial charge is 0.148 e. The van der Waals surface area contributed by atoms with E-state index in [9.17, 15) is 4.39 Å². The summed E-state index contributed by atoms with van der Waals surface area (Å²) in [6, 6.07) is 5.13. The first-order valence-electron chi connectivity index (χ1n) is 5.44. The van der Waals surface area contributed by atoms with Gasteiger partial charge in [-0.1, -0.05) is 19.9 Å². The highest BCUT2D eigenvalue weighted by molar-refractivity contribution is 5.70. The van der Waals surface area contributed by atoms with Gasteiger partial charge in [-0.05, 0) is 24.0 Å². The van der Waals surface area contributed by atoms with Gasteiger partial charge in [-0.25, -0.2) is 4.39 Å². The average molecular weight is 208 g/mol. The molecule has 1 unspecified atom stereocenters. The van der Waals surface area contributed by atoms with Crippen LogP contribution in [-0.2, 0) is 0 Å². The molecule has 15 heavy (non-hydrogen) atoms. The van der Waals surface area contributed by atoms with Gasteiger partial charge in [0.2, 0.25) is 0 Å². The number of nitrogens with one attached hydrogen (secondary N) is 2. The number of para-hydroxylation sites is 1. The number of rotatable bonds is 1. The molecule has 0 amide bonds. The molecule has 1 aromatic carbocycles. The van der Waals surface area contributed by atoms with Crippen LogP contribution in [0.1, 0.15) is 13.8 Å². The molecule has 0 radical (unpaired) electrons. The minimum absolute atomic E-state index is 0.176. The van der Waals surface area contributed by atoms with E-state index in [1.54, 1.807) is 6.07 Å². The van der Waals surface area contributed by atoms with E-state index in [1.807, 2.05) is 6.07 Å². The summed E-state index contributed by atoms with van der Waals surface area (Å²) in [5.74, 6) is 0.962. The minimum Gasteiger partial charge on any atom is -0.383 e. The van der Waals surface area contributed by atoms with Crippen LogP contribution in [0.2, 0.25) is 0 Å². The number of hydrogen-bond acceptors (Lipinski definition) is 2. The van der Waals surface area contributed by atoms with Crippen molar-refractivity contribution >= 4 is 11.4 Å². The molecule has 2 nitrogen and oxygen atoms in total. The third-order valence-corrected chi connectivity index (χ3v) is 3.05. The molecule has 0 aromatic heterocycles. The predicted octanol–water partition coefficient (Wildman–Crippen LogP) is 2.94. The van der Waals surface area contributed by atoms with E-state index in [0.717, 1.165) is 18.8 Å². The average Bonchev–Trinajstić information content (AvgIpc) is 2.41. The fourth-order valence-corrected chi connectivity index (χ4v) is 1.87. The van der Waals surface area contributed by atoms with E-state index in [-0.39, 0.29) is 5.82 Å². The molecule has 3 heteroatoms. The van der Waals surface area contributed by atoms with Crippen molar-refractivity contribution in [3.63, 3.8) is 0 Å². The molecular weight excluding hydrogens is 191 g/mol. The van der Waals surface area contributed by atoms with E-state index < -0.39 is 0 Å². The molecule has 1 aromatic rings. The molecule has 0 fully saturated rings. The maximum Gasteiger partial charge on any atom is 0.148 e. The number of anilines is 2. The van der Waals surface area contributed by atoms with Crippen LogP contribution in [0, 0.1) is 17.7 Å². The summed E-state index contributed by atoms with van der Waals surface area (Å²) in [6.45, 7) is 6.13. The first-order valence-corrected chi connectivity index (χ1v) is 5.44. The minimum atomic E-state index is -0.176. The van der Waals surface area contributed by atoms with Gasteiger partial charge in [0.1, 0.15) is 5.82 Å². The Balaban J connectivity index is 2.22. The highest BCUT2D eigenvalue weighted by Gasteiger charge is 2.19. The van der Waals surface area contributed by atoms with E-state index in [2.05, 4.69) is 24.5 Å². The number of halogens is 1. The fourth-order valence-electron chi connectivity index (χ4n) is 1.87. The zero-order valence-electron chi connectivity index (χ0n) is 9.18. The van der Waals surface area contributed by atoms with Gasteiger partial charge in [-0.2, -0.15) is 0 Å². The predicted molar refractivity (Wildman–Crippen MR) is 61.7 cm³/mol. The van der Waals surface area contributed by atoms with Gasteiger partial charge in [0.25, 0.3) is 0 Å². The molecule has 0 bridgehead atoms. The Kier molecular flexibility index (Phi) is 2.80. The largest absolute Gasteiger partial charge is 0.383 e. The Morgan fingerprint density at radius 3 is 2.73 bits per heavy atom. The summed E-state index contributed by atoms with van der Waals surface area (Å²) in [4.78, 5) is 0. The Labute approximate surface area is 89.9 Å². The Bertz CT molecular complexity index is 349. The molecule has 1 aliphatic rings. The van der Waals surface area contributed by atoms with Gasteiger partial charge in [0.15, 0.2) is 0 Å². The Morgan fingerprint density at radius 2 is 2.00 bits per heavy atom. The van der Waals surface area contributed by atoms with Crippen LogP contribution in [0.15, 0.2) is 18.2 Å². The number of benzene rings is 1. The van der Waals surface area contributed by atoms with Crippen LogP contribution in [0.4, 0.5) is 15.8 Å². The molecule has 1 heterocycles. The quantitative estimate of drug-likeness (QED) is 0.741. The Hall–Kier alpha value is -1.25. The lowest BCUT2D eigenvalue weighted by Crippen LogP contribution is -2.23. The monoisotopic (exact) mass is 208 g/mol. The van der Waals surface area contributed by atoms with Crippen LogP contribution in [0.3, 0.4) is 0 Å². The summed E-state index contributed by atoms with van der Waals surface area (Å²) in [5.41, 5.74) is 1.49. The van der Waals surface area contributed by atoms with Gasteiger partial charge in [-0.3, -0.25) is 0 Å². The van der Waals surface area contributed by atoms with Crippen molar-refractivity contribution in [3.8, 4) is 0 Å². The van der Waals surface area contributed by atoms with Crippen molar-refractivity contribution in [3.05, 3.63) is 24.0 Å². The lowest BCUT2D eigenvalue weighted by Gasteiger charge is -2.18. The molecule has 0 aliphatic carbocycles. The zero-order valence-corrected chi connectivity index (χ0v) is 9.18. The third-order valence-electron chi connectivity index (χ3n) is 3.05. The molecule has 1 atom stereocenters. The van der Waals surface area contributed by atoms with Crippen LogP contribution in [-0.4, -0.2) is 13.1 Å². The second kappa shape index (κ2) is 4.09. The van der Waals surface area contributed by atoms with Crippen molar-refractivity contribution < 1.29 is 4.39 Å². The molecule has 1 aliphatic heterocycles. The van der Waals surface area contributed by atoms with Gasteiger partial charge in [0.05, 0.1) is 11.4 Å². The fraction of sp³-hybridized carbons (Fsp3) is 0.500. The van der Waals surface area contributed by atoms with E-state index in [4.69, 9.17) is 0 Å². The van der Waals surface area contributed by atoms with E-state index in [0.29, 0.717) is 17.5 Å². The van der Waals surface area contributed by atoms with Gasteiger partial charge in [-0.15, -0.1) is 0 Å². The van der Waals surface area contributed by atoms with Gasteiger partial charge >= 0.3 is 0 Å². The molecule has 82 valence electrons. The standard InChI is InChI=1S/C12H17FN2/c1-8(2)9-6-14-11-5-3-4-10(13)12(11)15-7-9/h3-5,8-9,14-15H,6-7H2,1-2H3. The second-order valence-electron chi connectivity index (χ2n) is 4.43. The van der Waals surface area contributed by atoms with Crippen molar-refractivity contribution in [1.82, 2.24) is 0 Å². The van der Waals surface area contributed by atoms with E-state index in [1.165, 1.54) is 6.07 Å². The zero-order chi connectivity index (χ0) is 10.8. The van der Waals surface area contributed by atoms with Crippen molar-refractivity contribution in [2.75, 3.05) is 23.7 Å². The highest BCUT2D eigenvalue weighted by atomic mass is 19.1. The molecule has 0 saturated carbocycles. The lowest BCUT2D eigenvalue weighted by molar-refractivity contribution is 0.425. The van der Waals surface area contributed by atoms with Crippen molar-refractivity contribution in [2.45, 2.75) is 13.8 Å². The van der Waals surface area contributed by atoms with Crippen molar-refractivity contribution in [1.29, 1.82) is 0 Å². The maximum absolute atomic E-state index is 13.5. The lowest BCUT2D eigenvalue weighted by atomic mass is 9.96. The molecule has 2 rings (SSSR count). The van der Waals surface area contributed by atoms with Crippen LogP contribution < -0.4 is 10.6 Å². The maximum atomic E-state index is 13.5. The normalized spacial score (nSPS) is 20.1. The highest BCUT2D eigenvalue weighted by Crippen LogP contribution is 2.28. The first-order chi connectivity index (χ1) is 7.18. The second-order valence-corrected chi connectivity index (χ2v) is 4.43. The number of fused-ring (bicyclic) bond motifs is 1. The number of hydrogen-bond donors (Lipinski definition) is 2. The van der Waals surface area contributed by atoms with Crippen LogP contribution in [0.5, 0.6) is 0 Å². The molecule has 0 spiro atoms. The van der Waals surface area contributed by atoms with Crippen molar-refractivity contribution in [2.24, 2.45) is 11.8 Å². The molecular formula is C12H17FN2. The molecule has 2 N–H and O–H groups in total. The summed E-state index contributed by atoms with van der Waals surface area (Å²) in [7, 11) is 0. The molecule has 0 saturated heterocycles. The first kappa shape index (κ1) is 10.3. The van der Waals surface area contributed by atoms with Crippen LogP contribution >= 0.6 is 0 Å². The van der Waals surface area contributed by atoms with Crippen LogP contribution in [0.25, 0.3) is 0 Å². The summed E-state index contributed by atoms with van der Waals surface area (Å²) in [5, 5.41) is 6.48. The van der Waals surface area contributed by atoms with Gasteiger partial charge in [0, 0.05) is 13.1 Å². The van der Waals surface area contributed by atoms with Gasteiger partial charge < -0.3 is 10.6 Å². The Morgan fingerprint density at radius 1 is 1.27 bits per heavy atom. The summed E-state index contributed by atoms with van der Waals surface area (Å²) < 4.78 is 13.5. The SMILES string of the molecule is CC(C)C1CNc2cccc(F)c2NC1. The summed E-state index contributed by atoms with van der Waals surface area (Å²) >= 11 is 0.